The summed E-state index contributed by atoms with van der Waals surface area (Å²) in [4.78, 5) is 12.1. The Hall–Kier alpha value is -1.29. The van der Waals surface area contributed by atoms with Gasteiger partial charge in [-0.2, -0.15) is 0 Å². The molecule has 0 aliphatic carbocycles. The Kier molecular flexibility index (Phi) is 3.52. The van der Waals surface area contributed by atoms with Crippen molar-refractivity contribution in [2.75, 3.05) is 19.6 Å². The summed E-state index contributed by atoms with van der Waals surface area (Å²) in [5.74, 6) is 2.09. The Balaban J connectivity index is 1.99. The van der Waals surface area contributed by atoms with Gasteiger partial charge in [0.2, 0.25) is 0 Å². The van der Waals surface area contributed by atoms with Gasteiger partial charge in [0.15, 0.2) is 0 Å². The van der Waals surface area contributed by atoms with Gasteiger partial charge in [-0.15, -0.1) is 0 Å². The Morgan fingerprint density at radius 3 is 2.71 bits per heavy atom. The molecular weight excluding hydrogens is 216 g/mol. The molecule has 17 heavy (non-hydrogen) atoms. The third kappa shape index (κ3) is 2.52. The molecule has 2 rings (SSSR count). The third-order valence-corrected chi connectivity index (χ3v) is 3.50. The molecule has 94 valence electrons. The summed E-state index contributed by atoms with van der Waals surface area (Å²) in [5.41, 5.74) is 1.65. The van der Waals surface area contributed by atoms with Gasteiger partial charge in [-0.1, -0.05) is 0 Å². The van der Waals surface area contributed by atoms with Crippen molar-refractivity contribution >= 4 is 5.91 Å². The summed E-state index contributed by atoms with van der Waals surface area (Å²) >= 11 is 0. The zero-order valence-corrected chi connectivity index (χ0v) is 10.7. The van der Waals surface area contributed by atoms with Crippen LogP contribution in [0.2, 0.25) is 0 Å². The van der Waals surface area contributed by atoms with Crippen LogP contribution in [0.25, 0.3) is 0 Å². The normalized spacial score (nSPS) is 19.6. The molecule has 1 amide bonds. The van der Waals surface area contributed by atoms with E-state index in [1.54, 1.807) is 0 Å². The summed E-state index contributed by atoms with van der Waals surface area (Å²) < 4.78 is 5.47. The molecule has 0 aromatic carbocycles. The molecule has 0 saturated carbocycles. The van der Waals surface area contributed by atoms with Gasteiger partial charge in [0.05, 0.1) is 5.56 Å². The average Bonchev–Trinajstić information content (AvgIpc) is 2.86. The maximum atomic E-state index is 12.1. The Morgan fingerprint density at radius 2 is 2.18 bits per heavy atom. The summed E-state index contributed by atoms with van der Waals surface area (Å²) in [7, 11) is 0. The molecule has 1 aliphatic heterocycles. The largest absolute Gasteiger partial charge is 0.466 e. The van der Waals surface area contributed by atoms with Crippen LogP contribution in [0.15, 0.2) is 4.42 Å². The van der Waals surface area contributed by atoms with Crippen LogP contribution in [-0.4, -0.2) is 25.5 Å². The highest BCUT2D eigenvalue weighted by molar-refractivity contribution is 5.96. The van der Waals surface area contributed by atoms with E-state index in [0.29, 0.717) is 17.2 Å². The number of aryl methyl sites for hydroxylation is 2. The minimum absolute atomic E-state index is 0.0104. The Morgan fingerprint density at radius 1 is 1.41 bits per heavy atom. The van der Waals surface area contributed by atoms with Crippen molar-refractivity contribution in [1.82, 2.24) is 10.6 Å². The van der Waals surface area contributed by atoms with Crippen molar-refractivity contribution < 1.29 is 9.21 Å². The van der Waals surface area contributed by atoms with Crippen molar-refractivity contribution in [1.29, 1.82) is 0 Å². The Bertz CT molecular complexity index is 417. The van der Waals surface area contributed by atoms with Crippen LogP contribution >= 0.6 is 0 Å². The molecular formula is C13H20N2O2. The molecule has 1 aliphatic rings. The zero-order valence-electron chi connectivity index (χ0n) is 10.7. The number of rotatable bonds is 3. The minimum Gasteiger partial charge on any atom is -0.466 e. The molecule has 1 unspecified atom stereocenters. The van der Waals surface area contributed by atoms with E-state index in [4.69, 9.17) is 4.42 Å². The summed E-state index contributed by atoms with van der Waals surface area (Å²) in [6.07, 6.45) is 1.14. The zero-order chi connectivity index (χ0) is 12.4. The lowest BCUT2D eigenvalue weighted by Gasteiger charge is -2.10. The highest BCUT2D eigenvalue weighted by Crippen LogP contribution is 2.20. The predicted octanol–water partition coefficient (Wildman–Crippen LogP) is 1.54. The van der Waals surface area contributed by atoms with E-state index < -0.39 is 0 Å². The molecule has 1 atom stereocenters. The first-order valence-corrected chi connectivity index (χ1v) is 6.15. The fourth-order valence-corrected chi connectivity index (χ4v) is 2.34. The summed E-state index contributed by atoms with van der Waals surface area (Å²) in [6, 6.07) is 0. The predicted molar refractivity (Wildman–Crippen MR) is 66.2 cm³/mol. The molecule has 1 aromatic heterocycles. The fraction of sp³-hybridized carbons (Fsp3) is 0.615. The number of amides is 1. The molecule has 0 spiro atoms. The van der Waals surface area contributed by atoms with Gasteiger partial charge in [-0.25, -0.2) is 0 Å². The topological polar surface area (TPSA) is 54.3 Å². The van der Waals surface area contributed by atoms with Gasteiger partial charge in [0, 0.05) is 12.1 Å². The standard InChI is InChI=1S/C13H20N2O2/c1-8-9(2)17-10(3)12(8)13(16)15-7-11-4-5-14-6-11/h11,14H,4-7H2,1-3H3,(H,15,16). The first-order valence-electron chi connectivity index (χ1n) is 6.15. The van der Waals surface area contributed by atoms with Crippen molar-refractivity contribution in [3.63, 3.8) is 0 Å². The van der Waals surface area contributed by atoms with Crippen molar-refractivity contribution in [2.24, 2.45) is 5.92 Å². The molecule has 0 bridgehead atoms. The second kappa shape index (κ2) is 4.92. The van der Waals surface area contributed by atoms with E-state index in [2.05, 4.69) is 10.6 Å². The van der Waals surface area contributed by atoms with E-state index >= 15 is 0 Å². The number of carbonyl (C=O) groups excluding carboxylic acids is 1. The Labute approximate surface area is 102 Å². The highest BCUT2D eigenvalue weighted by Gasteiger charge is 2.20. The van der Waals surface area contributed by atoms with Gasteiger partial charge in [0.1, 0.15) is 11.5 Å². The van der Waals surface area contributed by atoms with E-state index in [1.807, 2.05) is 20.8 Å². The van der Waals surface area contributed by atoms with Crippen LogP contribution in [0.4, 0.5) is 0 Å². The van der Waals surface area contributed by atoms with Gasteiger partial charge >= 0.3 is 0 Å². The summed E-state index contributed by atoms with van der Waals surface area (Å²) in [5, 5.41) is 6.29. The van der Waals surface area contributed by atoms with Gasteiger partial charge in [-0.3, -0.25) is 4.79 Å². The average molecular weight is 236 g/mol. The lowest BCUT2D eigenvalue weighted by molar-refractivity contribution is 0.0946. The quantitative estimate of drug-likeness (QED) is 0.837. The molecule has 1 fully saturated rings. The minimum atomic E-state index is -0.0104. The van der Waals surface area contributed by atoms with Crippen LogP contribution < -0.4 is 10.6 Å². The number of hydrogen-bond donors (Lipinski definition) is 2. The lowest BCUT2D eigenvalue weighted by atomic mass is 10.1. The molecule has 2 heterocycles. The monoisotopic (exact) mass is 236 g/mol. The molecule has 4 nitrogen and oxygen atoms in total. The number of furan rings is 1. The van der Waals surface area contributed by atoms with Gasteiger partial charge < -0.3 is 15.1 Å². The lowest BCUT2D eigenvalue weighted by Crippen LogP contribution is -2.30. The number of nitrogens with one attached hydrogen (secondary N) is 2. The van der Waals surface area contributed by atoms with E-state index in [1.165, 1.54) is 0 Å². The van der Waals surface area contributed by atoms with Crippen molar-refractivity contribution in [3.8, 4) is 0 Å². The maximum absolute atomic E-state index is 12.1. The van der Waals surface area contributed by atoms with Crippen molar-refractivity contribution in [2.45, 2.75) is 27.2 Å². The fourth-order valence-electron chi connectivity index (χ4n) is 2.34. The maximum Gasteiger partial charge on any atom is 0.255 e. The van der Waals surface area contributed by atoms with E-state index in [0.717, 1.165) is 37.4 Å². The number of hydrogen-bond acceptors (Lipinski definition) is 3. The summed E-state index contributed by atoms with van der Waals surface area (Å²) in [6.45, 7) is 8.46. The van der Waals surface area contributed by atoms with Gasteiger partial charge in [-0.05, 0) is 46.2 Å². The first-order chi connectivity index (χ1) is 8.09. The SMILES string of the molecule is Cc1oc(C)c(C(=O)NCC2CCNC2)c1C. The van der Waals surface area contributed by atoms with Crippen LogP contribution in [0, 0.1) is 26.7 Å². The second-order valence-electron chi connectivity index (χ2n) is 4.78. The molecule has 1 saturated heterocycles. The molecule has 4 heteroatoms. The third-order valence-electron chi connectivity index (χ3n) is 3.50. The highest BCUT2D eigenvalue weighted by atomic mass is 16.3. The molecule has 1 aromatic rings. The smallest absolute Gasteiger partial charge is 0.255 e. The van der Waals surface area contributed by atoms with Crippen LogP contribution in [-0.2, 0) is 0 Å². The first kappa shape index (κ1) is 12.2. The van der Waals surface area contributed by atoms with Crippen LogP contribution in [0.3, 0.4) is 0 Å². The molecule has 0 radical (unpaired) electrons. The van der Waals surface area contributed by atoms with Crippen LogP contribution in [0.5, 0.6) is 0 Å². The van der Waals surface area contributed by atoms with Gasteiger partial charge in [0.25, 0.3) is 5.91 Å². The van der Waals surface area contributed by atoms with E-state index in [-0.39, 0.29) is 5.91 Å². The number of carbonyl (C=O) groups is 1. The molecule has 2 N–H and O–H groups in total. The van der Waals surface area contributed by atoms with E-state index in [9.17, 15) is 4.79 Å². The second-order valence-corrected chi connectivity index (χ2v) is 4.78. The van der Waals surface area contributed by atoms with Crippen molar-refractivity contribution in [3.05, 3.63) is 22.6 Å². The van der Waals surface area contributed by atoms with Crippen LogP contribution in [0.1, 0.15) is 33.9 Å².